The first-order chi connectivity index (χ1) is 38.6. The zero-order chi connectivity index (χ0) is 63.6. The molecule has 5 aromatic rings. The summed E-state index contributed by atoms with van der Waals surface area (Å²) in [6.45, 7) is 10.5. The predicted molar refractivity (Wildman–Crippen MR) is 350 cm³/mol. The number of methoxy groups -OCH3 is 2. The van der Waals surface area contributed by atoms with Crippen LogP contribution in [0.3, 0.4) is 0 Å². The fraction of sp³-hybridized carbons (Fsp3) is 0.509. The molecule has 5 heterocycles. The van der Waals surface area contributed by atoms with Crippen LogP contribution in [-0.4, -0.2) is 173 Å². The van der Waals surface area contributed by atoms with Crippen LogP contribution in [0.4, 0.5) is 0 Å². The van der Waals surface area contributed by atoms with Gasteiger partial charge in [0.25, 0.3) is 0 Å². The third-order valence-electron chi connectivity index (χ3n) is 9.10. The Morgan fingerprint density at radius 3 is 1.54 bits per heavy atom. The number of carboxylic acids is 1. The zero-order valence-corrected chi connectivity index (χ0v) is 59.7. The van der Waals surface area contributed by atoms with Crippen LogP contribution in [0.25, 0.3) is 9.75 Å². The molecule has 0 bridgehead atoms. The number of Topliss-reactive ketones (excluding diaryl/α,β-unsaturated/α-hetero) is 1. The van der Waals surface area contributed by atoms with Crippen LogP contribution in [0.1, 0.15) is 57.3 Å². The van der Waals surface area contributed by atoms with Crippen LogP contribution in [0.15, 0.2) is 62.6 Å². The number of aliphatic hydroxyl groups excluding tert-OH is 1. The number of halogens is 7. The average Bonchev–Trinajstić information content (AvgIpc) is 4.33. The number of thiophene rings is 5. The summed E-state index contributed by atoms with van der Waals surface area (Å²) in [5.41, 5.74) is 10.3. The van der Waals surface area contributed by atoms with Crippen LogP contribution >= 0.6 is 138 Å². The van der Waals surface area contributed by atoms with Gasteiger partial charge in [-0.3, -0.25) is 28.8 Å². The number of carbonyl (C=O) groups excluding carboxylic acids is 5. The Morgan fingerprint density at radius 2 is 1.16 bits per heavy atom. The number of esters is 3. The second-order valence-electron chi connectivity index (χ2n) is 16.8. The van der Waals surface area contributed by atoms with Crippen molar-refractivity contribution >= 4 is 173 Å². The van der Waals surface area contributed by atoms with Gasteiger partial charge in [0.1, 0.15) is 11.1 Å². The summed E-state index contributed by atoms with van der Waals surface area (Å²) >= 11 is 24.1. The Morgan fingerprint density at radius 1 is 0.695 bits per heavy atom. The Balaban J connectivity index is -0.000000462. The van der Waals surface area contributed by atoms with E-state index in [2.05, 4.69) is 46.6 Å². The molecule has 82 heavy (non-hydrogen) atoms. The summed E-state index contributed by atoms with van der Waals surface area (Å²) in [7, 11) is 30.5. The minimum absolute atomic E-state index is 0.0384. The van der Waals surface area contributed by atoms with E-state index in [1.165, 1.54) is 25.6 Å². The third kappa shape index (κ3) is 55.9. The van der Waals surface area contributed by atoms with Gasteiger partial charge in [0.2, 0.25) is 5.91 Å². The predicted octanol–water partition coefficient (Wildman–Crippen LogP) is 12.2. The number of hydrogen-bond donors (Lipinski definition) is 4. The first-order valence-electron chi connectivity index (χ1n) is 24.4. The number of hydrogen-bond acceptors (Lipinski definition) is 19. The van der Waals surface area contributed by atoms with Crippen LogP contribution in [0.2, 0.25) is 0 Å². The molecule has 0 saturated heterocycles. The van der Waals surface area contributed by atoms with Crippen molar-refractivity contribution in [3.8, 4) is 9.75 Å². The van der Waals surface area contributed by atoms with Gasteiger partial charge in [-0.1, -0.05) is 50.7 Å². The molecule has 29 heteroatoms. The molecule has 0 aliphatic carbocycles. The Hall–Kier alpha value is -1.94. The van der Waals surface area contributed by atoms with E-state index in [4.69, 9.17) is 85.8 Å². The molecule has 471 valence electrons. The Bertz CT molecular complexity index is 2360. The Labute approximate surface area is 546 Å². The molecule has 0 saturated carbocycles. The number of ketones is 1. The number of nitrogens with one attached hydrogen (secondary N) is 1. The summed E-state index contributed by atoms with van der Waals surface area (Å²) in [5, 5.41) is 30.2. The summed E-state index contributed by atoms with van der Waals surface area (Å²) in [4.78, 5) is 76.9. The van der Waals surface area contributed by atoms with Gasteiger partial charge in [-0.05, 0) is 166 Å². The Kier molecular flexibility index (Phi) is 60.0. The van der Waals surface area contributed by atoms with Gasteiger partial charge >= 0.3 is 65.3 Å². The van der Waals surface area contributed by atoms with Gasteiger partial charge in [0, 0.05) is 65.6 Å². The van der Waals surface area contributed by atoms with Crippen LogP contribution in [0, 0.1) is 13.8 Å². The van der Waals surface area contributed by atoms with Gasteiger partial charge in [0.05, 0.1) is 46.5 Å². The van der Waals surface area contributed by atoms with Crippen molar-refractivity contribution in [2.75, 3.05) is 108 Å². The first-order valence-corrected chi connectivity index (χ1v) is 35.8. The number of aliphatic hydroxyl groups is 1. The van der Waals surface area contributed by atoms with Gasteiger partial charge in [0.15, 0.2) is 4.30 Å². The molecule has 0 aliphatic heterocycles. The number of alkyl halides is 4. The molecule has 0 radical (unpaired) electrons. The van der Waals surface area contributed by atoms with Crippen molar-refractivity contribution in [1.82, 2.24) is 20.0 Å². The maximum atomic E-state index is 12.2. The van der Waals surface area contributed by atoms with Crippen molar-refractivity contribution in [3.05, 3.63) is 100 Å². The standard InChI is InChI=1S/C19H26N2O3S2.C11H17NOS.C7H8O2S.C6H6O2S.C4H7BrO2.C4H12N2.CHCl3.CH4O.3ClH.Fe/c1-12-8-15(11-18(23)24-5)19(25-12)16-9-14(13(2)26-16)10-17(22)20-6-7-21(3)4;1-12(2)6-3-4-11(13)8-10-5-7-14-9-10;1-9-7(8)4-6-2-3-10-5-6;7-6(8)3-5-1-2-9-4-5;1-2-7-4(6)3-5;1-6(2)4-3-5;2-1(3)4;1-2;;;;/h8-9H,6-7,10-11H2,1-5H3,(H,20,22);5,7,9H,3-4,6,8H2,1-2H3;2-3,5H,4H2,1H3;1-2,4H,3H2,(H,7,8);2-3H2,1H3;3-5H2,1-2H3;1H;2H,1H3;3*1H;/q;;;;;;;;;;;+3/p-3. The number of amides is 1. The topological polar surface area (TPSA) is 218 Å². The fourth-order valence-electron chi connectivity index (χ4n) is 5.56. The van der Waals surface area contributed by atoms with Crippen molar-refractivity contribution in [2.45, 2.75) is 70.0 Å². The van der Waals surface area contributed by atoms with Crippen LogP contribution in [-0.2, 0) is 86.2 Å². The van der Waals surface area contributed by atoms with Gasteiger partial charge in [-0.2, -0.15) is 34.0 Å². The van der Waals surface area contributed by atoms with E-state index in [9.17, 15) is 28.8 Å². The molecule has 0 unspecified atom stereocenters. The summed E-state index contributed by atoms with van der Waals surface area (Å²) < 4.78 is 13.0. The van der Waals surface area contributed by atoms with Crippen LogP contribution in [0.5, 0.6) is 0 Å². The van der Waals surface area contributed by atoms with E-state index in [1.807, 2.05) is 118 Å². The molecule has 16 nitrogen and oxygen atoms in total. The molecule has 0 aliphatic rings. The van der Waals surface area contributed by atoms with E-state index in [0.29, 0.717) is 49.9 Å². The number of nitrogens with two attached hydrogens (primary N) is 1. The first kappa shape index (κ1) is 86.5. The molecule has 0 aromatic carbocycles. The van der Waals surface area contributed by atoms with Crippen molar-refractivity contribution in [1.29, 1.82) is 0 Å². The third-order valence-corrected chi connectivity index (χ3v) is 14.1. The van der Waals surface area contributed by atoms with Gasteiger partial charge in [-0.25, -0.2) is 0 Å². The van der Waals surface area contributed by atoms with Gasteiger partial charge < -0.3 is 50.2 Å². The van der Waals surface area contributed by atoms with Crippen molar-refractivity contribution in [2.24, 2.45) is 5.73 Å². The number of carbonyl (C=O) groups is 6. The number of aryl methyl sites for hydroxylation is 2. The van der Waals surface area contributed by atoms with E-state index in [0.717, 1.165) is 87.0 Å². The number of likely N-dealkylation sites (N-methyl/N-ethyl adjacent to an activating group) is 2. The molecular formula is C53H81BrCl6FeN5O11S5. The minimum atomic E-state index is -1.33. The molecular weight excluding hydrogens is 1390 g/mol. The molecule has 5 aromatic heterocycles. The number of nitrogens with zero attached hydrogens (tertiary/aromatic N) is 3. The maximum absolute atomic E-state index is 12.2. The summed E-state index contributed by atoms with van der Waals surface area (Å²) in [6.07, 6.45) is 3.46. The van der Waals surface area contributed by atoms with E-state index in [1.54, 1.807) is 52.3 Å². The molecule has 5 rings (SSSR count). The van der Waals surface area contributed by atoms with Crippen molar-refractivity contribution in [3.63, 3.8) is 0 Å². The number of aliphatic carboxylic acids is 1. The van der Waals surface area contributed by atoms with E-state index >= 15 is 0 Å². The molecule has 0 fully saturated rings. The normalized spacial score (nSPS) is 9.99. The molecule has 0 atom stereocenters. The van der Waals surface area contributed by atoms with Crippen molar-refractivity contribution < 1.29 is 64.4 Å². The van der Waals surface area contributed by atoms with Crippen LogP contribution < -0.4 is 11.1 Å². The molecule has 5 N–H and O–H groups in total. The SMILES string of the molecule is CCOC(=O)CBr.CN(C)CCCC(=O)Cc1ccsc1.CN(C)CCN.CO.COC(=O)Cc1cc(C)sc1-c1cc(CC(=O)NCCN(C)C)c(C)s1.COC(=O)Cc1ccsc1.ClC(Cl)Cl.O=C(O)Cc1ccsc1.[Cl][Fe]([Cl])[Cl]. The van der Waals surface area contributed by atoms with E-state index in [-0.39, 0.29) is 36.7 Å². The molecule has 0 spiro atoms. The van der Waals surface area contributed by atoms with E-state index < -0.39 is 21.4 Å². The summed E-state index contributed by atoms with van der Waals surface area (Å²) in [5.74, 6) is -1.01. The monoisotopic (exact) mass is 1470 g/mol. The number of ether oxygens (including phenoxy) is 3. The quantitative estimate of drug-likeness (QED) is 0.0219. The fourth-order valence-corrected chi connectivity index (χ4v) is 9.94. The molecule has 1 amide bonds. The number of carboxylic acid groups (broad SMARTS) is 1. The second-order valence-corrected chi connectivity index (χ2v) is 29.6. The average molecular weight is 1470 g/mol. The second kappa shape index (κ2) is 56.8. The number of rotatable bonds is 22. The summed E-state index contributed by atoms with van der Waals surface area (Å²) in [6, 6.07) is 9.88. The zero-order valence-electron chi connectivity index (χ0n) is 48.4. The van der Waals surface area contributed by atoms with Gasteiger partial charge in [-0.15, -0.1) is 22.7 Å².